The van der Waals surface area contributed by atoms with Gasteiger partial charge in [0.2, 0.25) is 0 Å². The van der Waals surface area contributed by atoms with Crippen molar-refractivity contribution < 1.29 is 4.74 Å². The van der Waals surface area contributed by atoms with Crippen LogP contribution in [-0.4, -0.2) is 24.4 Å². The molecular weight excluding hydrogens is 306 g/mol. The minimum absolute atomic E-state index is 0.218. The van der Waals surface area contributed by atoms with Crippen LogP contribution in [0.4, 0.5) is 0 Å². The van der Waals surface area contributed by atoms with Crippen molar-refractivity contribution in [1.82, 2.24) is 15.5 Å². The second-order valence-corrected chi connectivity index (χ2v) is 5.04. The number of nitrogens with one attached hydrogen (secondary N) is 1. The van der Waals surface area contributed by atoms with E-state index in [9.17, 15) is 0 Å². The minimum Gasteiger partial charge on any atom is -0.496 e. The van der Waals surface area contributed by atoms with E-state index in [1.165, 1.54) is 5.56 Å². The monoisotopic (exact) mass is 321 g/mol. The number of hydrogen-bond acceptors (Lipinski definition) is 4. The Labute approximate surface area is 121 Å². The number of benzene rings is 1. The molecule has 1 atom stereocenters. The molecule has 1 unspecified atom stereocenters. The second kappa shape index (κ2) is 6.63. The Morgan fingerprint density at radius 1 is 1.32 bits per heavy atom. The SMILES string of the molecule is CNC(Cc1ccc(OC)c(Br)c1)c1ccnnc1. The first-order valence-corrected chi connectivity index (χ1v) is 6.80. The first kappa shape index (κ1) is 14.0. The summed E-state index contributed by atoms with van der Waals surface area (Å²) in [5.74, 6) is 0.843. The van der Waals surface area contributed by atoms with Crippen molar-refractivity contribution in [2.24, 2.45) is 0 Å². The Bertz CT molecular complexity index is 533. The first-order chi connectivity index (χ1) is 9.24. The molecule has 0 bridgehead atoms. The van der Waals surface area contributed by atoms with Crippen molar-refractivity contribution in [2.75, 3.05) is 14.2 Å². The summed E-state index contributed by atoms with van der Waals surface area (Å²) in [6, 6.07) is 8.32. The average molecular weight is 322 g/mol. The van der Waals surface area contributed by atoms with Crippen LogP contribution in [0.2, 0.25) is 0 Å². The van der Waals surface area contributed by atoms with Crippen molar-refractivity contribution in [3.05, 3.63) is 52.3 Å². The lowest BCUT2D eigenvalue weighted by Crippen LogP contribution is -2.19. The summed E-state index contributed by atoms with van der Waals surface area (Å²) in [5.41, 5.74) is 2.35. The highest BCUT2D eigenvalue weighted by atomic mass is 79.9. The second-order valence-electron chi connectivity index (χ2n) is 4.19. The third kappa shape index (κ3) is 3.52. The maximum Gasteiger partial charge on any atom is 0.133 e. The van der Waals surface area contributed by atoms with Crippen molar-refractivity contribution >= 4 is 15.9 Å². The fraction of sp³-hybridized carbons (Fsp3) is 0.286. The topological polar surface area (TPSA) is 47.0 Å². The number of hydrogen-bond donors (Lipinski definition) is 1. The van der Waals surface area contributed by atoms with Gasteiger partial charge >= 0.3 is 0 Å². The van der Waals surface area contributed by atoms with E-state index in [1.807, 2.05) is 19.2 Å². The molecule has 2 rings (SSSR count). The van der Waals surface area contributed by atoms with Gasteiger partial charge in [0.15, 0.2) is 0 Å². The molecule has 1 heterocycles. The van der Waals surface area contributed by atoms with Crippen molar-refractivity contribution in [3.8, 4) is 5.75 Å². The molecule has 0 saturated heterocycles. The van der Waals surface area contributed by atoms with Crippen LogP contribution in [0, 0.1) is 0 Å². The fourth-order valence-electron chi connectivity index (χ4n) is 1.97. The molecule has 5 heteroatoms. The van der Waals surface area contributed by atoms with Gasteiger partial charge in [-0.3, -0.25) is 0 Å². The van der Waals surface area contributed by atoms with Gasteiger partial charge < -0.3 is 10.1 Å². The number of aromatic nitrogens is 2. The van der Waals surface area contributed by atoms with Gasteiger partial charge in [-0.05, 0) is 58.7 Å². The molecule has 0 aliphatic rings. The Morgan fingerprint density at radius 2 is 2.16 bits per heavy atom. The van der Waals surface area contributed by atoms with E-state index in [0.29, 0.717) is 0 Å². The molecule has 0 spiro atoms. The molecule has 0 fully saturated rings. The van der Waals surface area contributed by atoms with Gasteiger partial charge in [0, 0.05) is 12.2 Å². The molecule has 4 nitrogen and oxygen atoms in total. The largest absolute Gasteiger partial charge is 0.496 e. The van der Waals surface area contributed by atoms with Crippen LogP contribution in [0.15, 0.2) is 41.1 Å². The van der Waals surface area contributed by atoms with E-state index in [4.69, 9.17) is 4.74 Å². The quantitative estimate of drug-likeness (QED) is 0.919. The fourth-order valence-corrected chi connectivity index (χ4v) is 2.55. The molecule has 0 radical (unpaired) electrons. The van der Waals surface area contributed by atoms with Crippen LogP contribution < -0.4 is 10.1 Å². The number of nitrogens with zero attached hydrogens (tertiary/aromatic N) is 2. The summed E-state index contributed by atoms with van der Waals surface area (Å²) in [6.45, 7) is 0. The first-order valence-electron chi connectivity index (χ1n) is 6.01. The molecule has 0 aliphatic heterocycles. The lowest BCUT2D eigenvalue weighted by molar-refractivity contribution is 0.412. The summed E-state index contributed by atoms with van der Waals surface area (Å²) < 4.78 is 6.20. The smallest absolute Gasteiger partial charge is 0.133 e. The van der Waals surface area contributed by atoms with E-state index in [0.717, 1.165) is 22.2 Å². The van der Waals surface area contributed by atoms with E-state index < -0.39 is 0 Å². The average Bonchev–Trinajstić information content (AvgIpc) is 2.46. The summed E-state index contributed by atoms with van der Waals surface area (Å²) in [5, 5.41) is 11.0. The molecular formula is C14H16BrN3O. The Morgan fingerprint density at radius 3 is 2.74 bits per heavy atom. The summed E-state index contributed by atoms with van der Waals surface area (Å²) >= 11 is 3.51. The molecule has 19 heavy (non-hydrogen) atoms. The number of halogens is 1. The predicted octanol–water partition coefficient (Wildman–Crippen LogP) is 2.75. The summed E-state index contributed by atoms with van der Waals surface area (Å²) in [4.78, 5) is 0. The zero-order chi connectivity index (χ0) is 13.7. The highest BCUT2D eigenvalue weighted by Gasteiger charge is 2.11. The number of methoxy groups -OCH3 is 1. The maximum absolute atomic E-state index is 5.24. The highest BCUT2D eigenvalue weighted by Crippen LogP contribution is 2.27. The summed E-state index contributed by atoms with van der Waals surface area (Å²) in [7, 11) is 3.61. The third-order valence-corrected chi connectivity index (χ3v) is 3.63. The molecule has 1 N–H and O–H groups in total. The normalized spacial score (nSPS) is 12.2. The molecule has 0 saturated carbocycles. The van der Waals surface area contributed by atoms with Crippen molar-refractivity contribution in [3.63, 3.8) is 0 Å². The van der Waals surface area contributed by atoms with Gasteiger partial charge in [0.05, 0.1) is 17.8 Å². The van der Waals surface area contributed by atoms with Gasteiger partial charge in [-0.15, -0.1) is 0 Å². The van der Waals surface area contributed by atoms with Gasteiger partial charge in [-0.1, -0.05) is 6.07 Å². The molecule has 100 valence electrons. The van der Waals surface area contributed by atoms with E-state index in [2.05, 4.69) is 43.6 Å². The van der Waals surface area contributed by atoms with Crippen molar-refractivity contribution in [1.29, 1.82) is 0 Å². The van der Waals surface area contributed by atoms with E-state index in [1.54, 1.807) is 19.5 Å². The third-order valence-electron chi connectivity index (χ3n) is 3.01. The van der Waals surface area contributed by atoms with Gasteiger partial charge in [-0.25, -0.2) is 0 Å². The zero-order valence-corrected chi connectivity index (χ0v) is 12.5. The molecule has 0 aliphatic carbocycles. The molecule has 1 aromatic heterocycles. The molecule has 0 amide bonds. The number of rotatable bonds is 5. The number of likely N-dealkylation sites (N-methyl/N-ethyl adjacent to an activating group) is 1. The van der Waals surface area contributed by atoms with Gasteiger partial charge in [-0.2, -0.15) is 10.2 Å². The van der Waals surface area contributed by atoms with Crippen LogP contribution in [0.5, 0.6) is 5.75 Å². The zero-order valence-electron chi connectivity index (χ0n) is 10.9. The van der Waals surface area contributed by atoms with Crippen LogP contribution >= 0.6 is 15.9 Å². The standard InChI is InChI=1S/C14H16BrN3O/c1-16-13(11-5-6-17-18-9-11)8-10-3-4-14(19-2)12(15)7-10/h3-7,9,13,16H,8H2,1-2H3. The summed E-state index contributed by atoms with van der Waals surface area (Å²) in [6.07, 6.45) is 4.38. The predicted molar refractivity (Wildman–Crippen MR) is 78.2 cm³/mol. The van der Waals surface area contributed by atoms with Crippen LogP contribution in [0.25, 0.3) is 0 Å². The van der Waals surface area contributed by atoms with Crippen LogP contribution in [0.3, 0.4) is 0 Å². The van der Waals surface area contributed by atoms with E-state index >= 15 is 0 Å². The lowest BCUT2D eigenvalue weighted by Gasteiger charge is -2.16. The van der Waals surface area contributed by atoms with Crippen LogP contribution in [0.1, 0.15) is 17.2 Å². The Kier molecular flexibility index (Phi) is 4.87. The number of ether oxygens (including phenoxy) is 1. The maximum atomic E-state index is 5.24. The highest BCUT2D eigenvalue weighted by molar-refractivity contribution is 9.10. The molecule has 2 aromatic rings. The Balaban J connectivity index is 2.17. The van der Waals surface area contributed by atoms with Gasteiger partial charge in [0.25, 0.3) is 0 Å². The van der Waals surface area contributed by atoms with Crippen LogP contribution in [-0.2, 0) is 6.42 Å². The molecule has 1 aromatic carbocycles. The van der Waals surface area contributed by atoms with E-state index in [-0.39, 0.29) is 6.04 Å². The minimum atomic E-state index is 0.218. The van der Waals surface area contributed by atoms with Gasteiger partial charge in [0.1, 0.15) is 5.75 Å². The van der Waals surface area contributed by atoms with Crippen molar-refractivity contribution in [2.45, 2.75) is 12.5 Å². The Hall–Kier alpha value is -1.46. The lowest BCUT2D eigenvalue weighted by atomic mass is 10.0.